The third kappa shape index (κ3) is 1.69. The molecule has 1 aromatic rings. The van der Waals surface area contributed by atoms with E-state index in [1.54, 1.807) is 12.1 Å². The molecular weight excluding hydrogens is 168 g/mol. The van der Waals surface area contributed by atoms with Gasteiger partial charge in [0.2, 0.25) is 0 Å². The van der Waals surface area contributed by atoms with E-state index in [1.807, 2.05) is 0 Å². The summed E-state index contributed by atoms with van der Waals surface area (Å²) in [6, 6.07) is 3.04. The highest BCUT2D eigenvalue weighted by molar-refractivity contribution is 5.81. The molecule has 0 saturated carbocycles. The topological polar surface area (TPSA) is 57.5 Å². The minimum atomic E-state index is -0.366. The van der Waals surface area contributed by atoms with Gasteiger partial charge in [0.25, 0.3) is 0 Å². The van der Waals surface area contributed by atoms with Crippen LogP contribution >= 0.6 is 0 Å². The van der Waals surface area contributed by atoms with Crippen LogP contribution in [0.1, 0.15) is 15.9 Å². The highest BCUT2D eigenvalue weighted by Gasteiger charge is 2.09. The van der Waals surface area contributed by atoms with Gasteiger partial charge in [0.1, 0.15) is 0 Å². The minimum absolute atomic E-state index is 0.0883. The van der Waals surface area contributed by atoms with E-state index < -0.39 is 0 Å². The molecule has 3 heteroatoms. The Morgan fingerprint density at radius 2 is 2.00 bits per heavy atom. The van der Waals surface area contributed by atoms with Crippen molar-refractivity contribution in [1.29, 1.82) is 0 Å². The normalized spacial score (nSPS) is 9.54. The molecule has 0 aliphatic rings. The highest BCUT2D eigenvalue weighted by atomic mass is 16.3. The van der Waals surface area contributed by atoms with E-state index in [9.17, 15) is 15.0 Å². The Hall–Kier alpha value is -1.77. The average molecular weight is 178 g/mol. The average Bonchev–Trinajstić information content (AvgIpc) is 2.14. The van der Waals surface area contributed by atoms with E-state index in [2.05, 4.69) is 6.58 Å². The number of benzene rings is 1. The zero-order valence-electron chi connectivity index (χ0n) is 7.03. The third-order valence-electron chi connectivity index (χ3n) is 1.76. The molecule has 0 radical (unpaired) electrons. The van der Waals surface area contributed by atoms with Crippen LogP contribution in [0.25, 0.3) is 0 Å². The molecule has 0 unspecified atom stereocenters. The number of aldehydes is 1. The van der Waals surface area contributed by atoms with Gasteiger partial charge in [-0.15, -0.1) is 6.58 Å². The molecule has 1 rings (SSSR count). The summed E-state index contributed by atoms with van der Waals surface area (Å²) in [7, 11) is 0. The molecule has 0 atom stereocenters. The Kier molecular flexibility index (Phi) is 2.69. The van der Waals surface area contributed by atoms with Crippen molar-refractivity contribution in [2.75, 3.05) is 0 Å². The van der Waals surface area contributed by atoms with Gasteiger partial charge >= 0.3 is 0 Å². The molecule has 68 valence electrons. The highest BCUT2D eigenvalue weighted by Crippen LogP contribution is 2.31. The quantitative estimate of drug-likeness (QED) is 0.420. The first-order valence-corrected chi connectivity index (χ1v) is 3.80. The predicted octanol–water partition coefficient (Wildman–Crippen LogP) is 1.64. The molecule has 0 aromatic heterocycles. The molecular formula is C10H10O3. The second-order valence-corrected chi connectivity index (χ2v) is 2.62. The molecule has 2 N–H and O–H groups in total. The van der Waals surface area contributed by atoms with Crippen LogP contribution in [0.15, 0.2) is 24.8 Å². The molecule has 0 amide bonds. The monoisotopic (exact) mass is 178 g/mol. The lowest BCUT2D eigenvalue weighted by Crippen LogP contribution is -1.87. The second-order valence-electron chi connectivity index (χ2n) is 2.62. The summed E-state index contributed by atoms with van der Waals surface area (Å²) in [4.78, 5) is 10.4. The molecule has 0 fully saturated rings. The summed E-state index contributed by atoms with van der Waals surface area (Å²) in [5.74, 6) is -0.612. The number of aromatic hydroxyl groups is 2. The van der Waals surface area contributed by atoms with Gasteiger partial charge in [-0.05, 0) is 12.5 Å². The summed E-state index contributed by atoms with van der Waals surface area (Å²) in [6.45, 7) is 3.51. The van der Waals surface area contributed by atoms with Crippen LogP contribution in [-0.4, -0.2) is 16.5 Å². The Bertz CT molecular complexity index is 342. The standard InChI is InChI=1S/C10H10O3/c1-2-3-7-4-5-8(6-11)10(13)9(7)12/h2,4-6,12-13H,1,3H2. The molecule has 1 aromatic carbocycles. The predicted molar refractivity (Wildman–Crippen MR) is 49.1 cm³/mol. The van der Waals surface area contributed by atoms with Crippen LogP contribution in [0.4, 0.5) is 0 Å². The van der Waals surface area contributed by atoms with Crippen LogP contribution in [0, 0.1) is 0 Å². The Morgan fingerprint density at radius 1 is 1.31 bits per heavy atom. The molecule has 13 heavy (non-hydrogen) atoms. The lowest BCUT2D eigenvalue weighted by Gasteiger charge is -2.05. The Balaban J connectivity index is 3.22. The zero-order chi connectivity index (χ0) is 9.84. The first-order chi connectivity index (χ1) is 6.20. The first kappa shape index (κ1) is 9.32. The number of carbonyl (C=O) groups excluding carboxylic acids is 1. The number of allylic oxidation sites excluding steroid dienone is 1. The van der Waals surface area contributed by atoms with Crippen LogP contribution in [-0.2, 0) is 6.42 Å². The number of phenols is 2. The number of hydrogen-bond acceptors (Lipinski definition) is 3. The van der Waals surface area contributed by atoms with Gasteiger partial charge in [-0.1, -0.05) is 12.1 Å². The molecule has 0 bridgehead atoms. The number of hydrogen-bond donors (Lipinski definition) is 2. The third-order valence-corrected chi connectivity index (χ3v) is 1.76. The van der Waals surface area contributed by atoms with Gasteiger partial charge in [-0.25, -0.2) is 0 Å². The Morgan fingerprint density at radius 3 is 2.54 bits per heavy atom. The fourth-order valence-corrected chi connectivity index (χ4v) is 1.05. The maximum atomic E-state index is 10.4. The maximum absolute atomic E-state index is 10.4. The minimum Gasteiger partial charge on any atom is -0.504 e. The smallest absolute Gasteiger partial charge is 0.168 e. The van der Waals surface area contributed by atoms with E-state index in [1.165, 1.54) is 6.07 Å². The Labute approximate surface area is 76.0 Å². The summed E-state index contributed by atoms with van der Waals surface area (Å²) in [6.07, 6.45) is 2.56. The number of rotatable bonds is 3. The van der Waals surface area contributed by atoms with E-state index in [0.717, 1.165) is 0 Å². The van der Waals surface area contributed by atoms with Gasteiger partial charge in [0, 0.05) is 5.56 Å². The van der Waals surface area contributed by atoms with Crippen LogP contribution in [0.3, 0.4) is 0 Å². The van der Waals surface area contributed by atoms with Gasteiger partial charge in [0.05, 0.1) is 5.56 Å². The van der Waals surface area contributed by atoms with Gasteiger partial charge in [-0.3, -0.25) is 4.79 Å². The summed E-state index contributed by atoms with van der Waals surface area (Å²) in [5, 5.41) is 18.7. The summed E-state index contributed by atoms with van der Waals surface area (Å²) >= 11 is 0. The SMILES string of the molecule is C=CCc1ccc(C=O)c(O)c1O. The fourth-order valence-electron chi connectivity index (χ4n) is 1.05. The molecule has 0 aliphatic heterocycles. The first-order valence-electron chi connectivity index (χ1n) is 3.80. The number of phenolic OH excluding ortho intramolecular Hbond substituents is 2. The van der Waals surface area contributed by atoms with Crippen molar-refractivity contribution in [2.45, 2.75) is 6.42 Å². The van der Waals surface area contributed by atoms with E-state index in [0.29, 0.717) is 18.3 Å². The molecule has 0 saturated heterocycles. The maximum Gasteiger partial charge on any atom is 0.168 e. The van der Waals surface area contributed by atoms with Crippen LogP contribution < -0.4 is 0 Å². The fraction of sp³-hybridized carbons (Fsp3) is 0.100. The van der Waals surface area contributed by atoms with Crippen molar-refractivity contribution in [1.82, 2.24) is 0 Å². The van der Waals surface area contributed by atoms with Crippen molar-refractivity contribution < 1.29 is 15.0 Å². The van der Waals surface area contributed by atoms with E-state index in [-0.39, 0.29) is 17.1 Å². The van der Waals surface area contributed by atoms with Gasteiger partial charge in [-0.2, -0.15) is 0 Å². The van der Waals surface area contributed by atoms with Crippen molar-refractivity contribution in [3.63, 3.8) is 0 Å². The van der Waals surface area contributed by atoms with Crippen molar-refractivity contribution in [3.8, 4) is 11.5 Å². The van der Waals surface area contributed by atoms with Crippen LogP contribution in [0.2, 0.25) is 0 Å². The molecule has 0 heterocycles. The van der Waals surface area contributed by atoms with Crippen molar-refractivity contribution >= 4 is 6.29 Å². The molecule has 0 aliphatic carbocycles. The lowest BCUT2D eigenvalue weighted by molar-refractivity contribution is 0.112. The van der Waals surface area contributed by atoms with E-state index in [4.69, 9.17) is 0 Å². The van der Waals surface area contributed by atoms with Crippen molar-refractivity contribution in [3.05, 3.63) is 35.9 Å². The summed E-state index contributed by atoms with van der Waals surface area (Å²) in [5.41, 5.74) is 0.642. The lowest BCUT2D eigenvalue weighted by atomic mass is 10.1. The summed E-state index contributed by atoms with van der Waals surface area (Å²) < 4.78 is 0. The largest absolute Gasteiger partial charge is 0.504 e. The second kappa shape index (κ2) is 3.76. The van der Waals surface area contributed by atoms with Gasteiger partial charge in [0.15, 0.2) is 17.8 Å². The number of carbonyl (C=O) groups is 1. The van der Waals surface area contributed by atoms with Crippen molar-refractivity contribution in [2.24, 2.45) is 0 Å². The van der Waals surface area contributed by atoms with Gasteiger partial charge < -0.3 is 10.2 Å². The molecule has 0 spiro atoms. The molecule has 3 nitrogen and oxygen atoms in total. The zero-order valence-corrected chi connectivity index (χ0v) is 7.03. The van der Waals surface area contributed by atoms with Crippen LogP contribution in [0.5, 0.6) is 11.5 Å². The van der Waals surface area contributed by atoms with E-state index >= 15 is 0 Å².